The van der Waals surface area contributed by atoms with Gasteiger partial charge in [0.25, 0.3) is 5.91 Å². The van der Waals surface area contributed by atoms with E-state index in [1.54, 1.807) is 37.3 Å². The van der Waals surface area contributed by atoms with Crippen LogP contribution in [0.15, 0.2) is 54.6 Å². The van der Waals surface area contributed by atoms with Crippen LogP contribution in [-0.4, -0.2) is 194 Å². The molecule has 1 aliphatic heterocycles. The number of aliphatic hydroxyl groups excluding tert-OH is 2. The Bertz CT molecular complexity index is 2650. The molecule has 30 nitrogen and oxygen atoms in total. The second-order valence-corrected chi connectivity index (χ2v) is 22.9. The van der Waals surface area contributed by atoms with Crippen molar-refractivity contribution in [3.8, 4) is 5.75 Å². The highest BCUT2D eigenvalue weighted by Gasteiger charge is 2.37. The quantitative estimate of drug-likeness (QED) is 0.0281. The van der Waals surface area contributed by atoms with Gasteiger partial charge in [0.05, 0.1) is 24.2 Å². The van der Waals surface area contributed by atoms with Gasteiger partial charge >= 0.3 is 5.97 Å². The topological polar surface area (TPSA) is 500 Å². The van der Waals surface area contributed by atoms with Crippen LogP contribution in [0, 0.1) is 11.8 Å². The molecule has 30 heteroatoms. The molecule has 1 aliphatic rings. The first-order valence-electron chi connectivity index (χ1n) is 30.8. The summed E-state index contributed by atoms with van der Waals surface area (Å²) in [5.41, 5.74) is 30.3. The first-order valence-corrected chi connectivity index (χ1v) is 30.8. The molecular weight excluding hydrogens is 1170 g/mol. The van der Waals surface area contributed by atoms with E-state index < -0.39 is 138 Å². The Morgan fingerprint density at radius 1 is 0.589 bits per heavy atom. The minimum atomic E-state index is -1.72. The molecule has 0 radical (unpaired) electrons. The van der Waals surface area contributed by atoms with Crippen LogP contribution in [0.1, 0.15) is 115 Å². The third kappa shape index (κ3) is 26.0. The number of benzene rings is 2. The summed E-state index contributed by atoms with van der Waals surface area (Å²) in [5, 5.41) is 51.0. The van der Waals surface area contributed by atoms with Gasteiger partial charge in [-0.1, -0.05) is 64.4 Å². The summed E-state index contributed by atoms with van der Waals surface area (Å²) in [6, 6.07) is 0.763. The van der Waals surface area contributed by atoms with Gasteiger partial charge in [0.1, 0.15) is 54.1 Å². The molecular formula is C60H98N16O14. The Morgan fingerprint density at radius 3 is 1.66 bits per heavy atom. The van der Waals surface area contributed by atoms with Gasteiger partial charge in [0.2, 0.25) is 53.2 Å². The van der Waals surface area contributed by atoms with Crippen LogP contribution < -0.4 is 91.9 Å². The number of carbonyl (C=O) groups excluding carboxylic acids is 11. The van der Waals surface area contributed by atoms with Crippen molar-refractivity contribution in [2.75, 3.05) is 45.8 Å². The number of hydrogen-bond acceptors (Lipinski definition) is 20. The molecule has 0 aliphatic carbocycles. The molecule has 502 valence electrons. The SMILES string of the molecule is CCCC(C)C(=O)Oc1ccc(C(=O)N[C@@H](CCN)C(=O)N[C@H](C(=O)N[C@@H](CCN)C(=O)N[C@H]2CCNC(=O)[C@H](C(C)O)NC(=O)[C@H](CCN)NC(=O)[C@H](CCN)NC(=O)[C@H](CC(C)C)NC(=O)[C@@H](Cc3ccccc3)NC(=O)[C@H](CCN)NC2)C(C)O)cc1. The van der Waals surface area contributed by atoms with Crippen molar-refractivity contribution in [2.45, 2.75) is 178 Å². The van der Waals surface area contributed by atoms with E-state index in [1.165, 1.54) is 38.1 Å². The lowest BCUT2D eigenvalue weighted by molar-refractivity contribution is -0.138. The fourth-order valence-electron chi connectivity index (χ4n) is 9.64. The minimum Gasteiger partial charge on any atom is -0.426 e. The predicted molar refractivity (Wildman–Crippen MR) is 334 cm³/mol. The normalized spacial score (nSPS) is 22.2. The molecule has 3 rings (SSSR count). The lowest BCUT2D eigenvalue weighted by Crippen LogP contribution is -2.61. The zero-order valence-corrected chi connectivity index (χ0v) is 52.5. The van der Waals surface area contributed by atoms with Crippen LogP contribution in [-0.2, 0) is 54.4 Å². The highest BCUT2D eigenvalue weighted by Crippen LogP contribution is 2.17. The largest absolute Gasteiger partial charge is 0.426 e. The molecule has 1 saturated heterocycles. The van der Waals surface area contributed by atoms with E-state index in [0.717, 1.165) is 6.42 Å². The van der Waals surface area contributed by atoms with Crippen molar-refractivity contribution in [2.24, 2.45) is 40.5 Å². The van der Waals surface area contributed by atoms with E-state index in [-0.39, 0.29) is 120 Å². The monoisotopic (exact) mass is 1270 g/mol. The third-order valence-corrected chi connectivity index (χ3v) is 14.7. The maximum atomic E-state index is 14.5. The van der Waals surface area contributed by atoms with Crippen molar-refractivity contribution in [1.82, 2.24) is 58.5 Å². The van der Waals surface area contributed by atoms with Crippen LogP contribution in [0.4, 0.5) is 0 Å². The Kier molecular flexibility index (Phi) is 34.1. The fourth-order valence-corrected chi connectivity index (χ4v) is 9.64. The van der Waals surface area contributed by atoms with E-state index >= 15 is 0 Å². The van der Waals surface area contributed by atoms with Crippen LogP contribution >= 0.6 is 0 Å². The Hall–Kier alpha value is -7.71. The zero-order chi connectivity index (χ0) is 67.0. The fraction of sp³-hybridized carbons (Fsp3) is 0.617. The molecule has 0 saturated carbocycles. The number of nitrogens with one attached hydrogen (secondary N) is 11. The van der Waals surface area contributed by atoms with Crippen molar-refractivity contribution < 1.29 is 67.7 Å². The molecule has 0 bridgehead atoms. The first kappa shape index (κ1) is 76.5. The van der Waals surface area contributed by atoms with Gasteiger partial charge in [-0.05, 0) is 134 Å². The van der Waals surface area contributed by atoms with Crippen LogP contribution in [0.25, 0.3) is 0 Å². The molecule has 23 N–H and O–H groups in total. The molecule has 3 unspecified atom stereocenters. The number of esters is 1. The van der Waals surface area contributed by atoms with Crippen LogP contribution in [0.2, 0.25) is 0 Å². The molecule has 2 aromatic rings. The van der Waals surface area contributed by atoms with E-state index in [9.17, 15) is 63.0 Å². The van der Waals surface area contributed by atoms with Crippen molar-refractivity contribution in [3.05, 3.63) is 65.7 Å². The van der Waals surface area contributed by atoms with Crippen molar-refractivity contribution >= 4 is 65.0 Å². The lowest BCUT2D eigenvalue weighted by atomic mass is 10.00. The van der Waals surface area contributed by atoms with Crippen LogP contribution in [0.5, 0.6) is 5.75 Å². The molecule has 0 spiro atoms. The van der Waals surface area contributed by atoms with Gasteiger partial charge in [-0.2, -0.15) is 0 Å². The highest BCUT2D eigenvalue weighted by atomic mass is 16.5. The maximum Gasteiger partial charge on any atom is 0.314 e. The maximum absolute atomic E-state index is 14.5. The van der Waals surface area contributed by atoms with Crippen molar-refractivity contribution in [3.63, 3.8) is 0 Å². The molecule has 10 amide bonds. The van der Waals surface area contributed by atoms with E-state index in [0.29, 0.717) is 12.0 Å². The third-order valence-electron chi connectivity index (χ3n) is 14.7. The lowest BCUT2D eigenvalue weighted by Gasteiger charge is -2.29. The number of nitrogens with two attached hydrogens (primary N) is 5. The average Bonchev–Trinajstić information content (AvgIpc) is 2.01. The average molecular weight is 1270 g/mol. The number of amides is 10. The van der Waals surface area contributed by atoms with E-state index in [2.05, 4.69) is 58.5 Å². The first-order chi connectivity index (χ1) is 42.8. The summed E-state index contributed by atoms with van der Waals surface area (Å²) in [6.07, 6.45) is -2.38. The highest BCUT2D eigenvalue weighted by molar-refractivity contribution is 6.00. The molecule has 0 aromatic heterocycles. The van der Waals surface area contributed by atoms with E-state index in [1.807, 2.05) is 20.8 Å². The second-order valence-electron chi connectivity index (χ2n) is 22.9. The summed E-state index contributed by atoms with van der Waals surface area (Å²) in [4.78, 5) is 153. The number of rotatable bonds is 28. The van der Waals surface area contributed by atoms with Gasteiger partial charge in [0.15, 0.2) is 0 Å². The van der Waals surface area contributed by atoms with Gasteiger partial charge in [-0.15, -0.1) is 0 Å². The number of ether oxygens (including phenoxy) is 1. The predicted octanol–water partition coefficient (Wildman–Crippen LogP) is -4.72. The zero-order valence-electron chi connectivity index (χ0n) is 52.5. The van der Waals surface area contributed by atoms with Crippen LogP contribution in [0.3, 0.4) is 0 Å². The summed E-state index contributed by atoms with van der Waals surface area (Å²) in [5.74, 6) is -9.15. The van der Waals surface area contributed by atoms with Crippen molar-refractivity contribution in [1.29, 1.82) is 0 Å². The summed E-state index contributed by atoms with van der Waals surface area (Å²) >= 11 is 0. The summed E-state index contributed by atoms with van der Waals surface area (Å²) in [7, 11) is 0. The minimum absolute atomic E-state index is 0.0225. The molecule has 90 heavy (non-hydrogen) atoms. The molecule has 1 fully saturated rings. The molecule has 13 atom stereocenters. The smallest absolute Gasteiger partial charge is 0.314 e. The second kappa shape index (κ2) is 40.1. The number of aliphatic hydroxyl groups is 2. The van der Waals surface area contributed by atoms with Gasteiger partial charge in [0, 0.05) is 31.1 Å². The summed E-state index contributed by atoms with van der Waals surface area (Å²) < 4.78 is 5.42. The molecule has 2 aromatic carbocycles. The summed E-state index contributed by atoms with van der Waals surface area (Å²) in [6.45, 7) is 8.70. The number of hydrogen-bond donors (Lipinski definition) is 18. The standard InChI is InChI=1S/C60H98N16O14/c1-7-11-34(4)60(89)90-40-16-14-38(15-17-40)50(79)69-44(21-27-64)54(83)76-49(36(6)78)59(88)72-42(19-25-62)52(81)68-39-23-29-66-58(87)48(35(5)77)75-55(84)45(22-28-65)70-53(82)43(20-26-63)71-56(85)46(30-33(2)3)73-57(86)47(31-37-12-9-8-10-13-37)74-51(80)41(18-24-61)67-32-39/h8-10,12-17,33-36,39,41-49,67,77-78H,7,11,18-32,61-65H2,1-6H3,(H,66,87)(H,68,81)(H,69,79)(H,70,82)(H,71,85)(H,72,88)(H,73,86)(H,74,80)(H,75,84)(H,76,83)/t34?,35?,36?,39-,41-,42-,43-,44-,45-,46-,47+,48-,49-/m0/s1. The van der Waals surface area contributed by atoms with E-state index in [4.69, 9.17) is 33.4 Å². The van der Waals surface area contributed by atoms with Gasteiger partial charge in [-0.3, -0.25) is 52.7 Å². The molecule has 1 heterocycles. The number of carbonyl (C=O) groups is 11. The Labute approximate surface area is 525 Å². The van der Waals surface area contributed by atoms with Gasteiger partial charge in [-0.25, -0.2) is 0 Å². The Balaban J connectivity index is 2.01. The van der Waals surface area contributed by atoms with Gasteiger partial charge < -0.3 is 102 Å². The Morgan fingerprint density at radius 2 is 1.11 bits per heavy atom.